The first kappa shape index (κ1) is 44.6. The Morgan fingerprint density at radius 3 is 2.23 bits per heavy atom. The van der Waals surface area contributed by atoms with E-state index in [1.54, 1.807) is 0 Å². The first-order valence-electron chi connectivity index (χ1n) is 9.98. The van der Waals surface area contributed by atoms with Crippen molar-refractivity contribution in [2.45, 2.75) is 44.3 Å². The Morgan fingerprint density at radius 2 is 1.65 bits per heavy atom. The molecule has 2 aromatic rings. The topological polar surface area (TPSA) is 300 Å². The van der Waals surface area contributed by atoms with Crippen LogP contribution in [0.25, 0.3) is 11.2 Å². The summed E-state index contributed by atoms with van der Waals surface area (Å²) in [5, 5.41) is 20.7. The van der Waals surface area contributed by atoms with E-state index in [0.29, 0.717) is 13.0 Å². The molecule has 19 nitrogen and oxygen atoms in total. The molecule has 2 unspecified atom stereocenters. The Kier molecular flexibility index (Phi) is 20.7. The summed E-state index contributed by atoms with van der Waals surface area (Å²) < 4.78 is 56.2. The van der Waals surface area contributed by atoms with Gasteiger partial charge in [-0.05, 0) is 6.42 Å². The third-order valence-corrected chi connectivity index (χ3v) is 8.23. The van der Waals surface area contributed by atoms with Crippen LogP contribution in [0, 0.1) is 0 Å². The van der Waals surface area contributed by atoms with Crippen molar-refractivity contribution in [3.8, 4) is 6.01 Å². The number of aliphatic hydroxyl groups excluding tert-OH is 2. The summed E-state index contributed by atoms with van der Waals surface area (Å²) in [7, 11) is -18.2. The van der Waals surface area contributed by atoms with Crippen molar-refractivity contribution in [2.24, 2.45) is 0 Å². The molecule has 0 bridgehead atoms. The number of phosphoric ester groups is 1. The minimum absolute atomic E-state index is 0. The molecule has 1 aliphatic heterocycles. The van der Waals surface area contributed by atoms with Crippen LogP contribution in [0.1, 0.15) is 26.0 Å². The molecule has 6 atom stereocenters. The predicted molar refractivity (Wildman–Crippen MR) is 107 cm³/mol. The maximum Gasteiger partial charge on any atom is 1.00 e. The number of nitrogen functional groups attached to an aromatic ring is 1. The van der Waals surface area contributed by atoms with Gasteiger partial charge in [-0.15, -0.1) is 0 Å². The SMILES string of the molecule is CCCCOc1nc(N)c2ncn([C@@H]3O[C@H](COP(=O)([O-])OP(=O)([O-])OP(=O)([O-])[O-])[C@@H](O)[C@H]3O)c2n1.[Na+].[Na+].[Na+].[Na+]. The van der Waals surface area contributed by atoms with Crippen molar-refractivity contribution in [3.63, 3.8) is 0 Å². The predicted octanol–water partition coefficient (Wildman–Crippen LogP) is -15.0. The molecule has 0 aliphatic carbocycles. The number of hydrogen-bond acceptors (Lipinski definition) is 18. The third-order valence-electron chi connectivity index (χ3n) is 4.57. The van der Waals surface area contributed by atoms with E-state index in [9.17, 15) is 43.5 Å². The molecule has 40 heavy (non-hydrogen) atoms. The van der Waals surface area contributed by atoms with Crippen LogP contribution in [0.4, 0.5) is 5.82 Å². The van der Waals surface area contributed by atoms with Crippen molar-refractivity contribution < 1.29 is 184 Å². The Morgan fingerprint density at radius 1 is 1.02 bits per heavy atom. The Bertz CT molecular complexity index is 1240. The summed E-state index contributed by atoms with van der Waals surface area (Å²) >= 11 is 0. The number of ether oxygens (including phenoxy) is 2. The van der Waals surface area contributed by atoms with Gasteiger partial charge < -0.3 is 54.1 Å². The summed E-state index contributed by atoms with van der Waals surface area (Å²) in [6.07, 6.45) is -3.72. The van der Waals surface area contributed by atoms with E-state index in [1.807, 2.05) is 6.92 Å². The van der Waals surface area contributed by atoms with Gasteiger partial charge in [-0.25, -0.2) is 9.29 Å². The van der Waals surface area contributed by atoms with Gasteiger partial charge in [-0.2, -0.15) is 9.97 Å². The zero-order valence-electron chi connectivity index (χ0n) is 22.2. The molecule has 26 heteroatoms. The fourth-order valence-corrected chi connectivity index (χ4v) is 5.89. The zero-order valence-corrected chi connectivity index (χ0v) is 32.9. The molecule has 4 N–H and O–H groups in total. The van der Waals surface area contributed by atoms with Crippen LogP contribution in [-0.2, 0) is 31.6 Å². The third kappa shape index (κ3) is 12.7. The van der Waals surface area contributed by atoms with Crippen LogP contribution >= 0.6 is 23.5 Å². The largest absolute Gasteiger partial charge is 1.00 e. The van der Waals surface area contributed by atoms with Crippen LogP contribution in [0.3, 0.4) is 0 Å². The second kappa shape index (κ2) is 18.6. The van der Waals surface area contributed by atoms with Crippen LogP contribution < -0.4 is 148 Å². The maximum absolute atomic E-state index is 11.7. The van der Waals surface area contributed by atoms with Crippen molar-refractivity contribution >= 4 is 40.4 Å². The van der Waals surface area contributed by atoms with Crippen LogP contribution in [0.5, 0.6) is 6.01 Å². The molecular formula is C14H20N5Na4O14P3. The van der Waals surface area contributed by atoms with Gasteiger partial charge in [0.2, 0.25) is 0 Å². The van der Waals surface area contributed by atoms with Crippen molar-refractivity contribution in [1.82, 2.24) is 19.5 Å². The number of nitrogens with two attached hydrogens (primary N) is 1. The molecule has 0 amide bonds. The molecule has 0 aromatic carbocycles. The number of nitrogens with zero attached hydrogens (tertiary/aromatic N) is 4. The second-order valence-electron chi connectivity index (χ2n) is 7.26. The summed E-state index contributed by atoms with van der Waals surface area (Å²) in [4.78, 5) is 55.9. The van der Waals surface area contributed by atoms with E-state index in [0.717, 1.165) is 12.7 Å². The fraction of sp³-hybridized carbons (Fsp3) is 0.643. The molecule has 0 saturated carbocycles. The molecule has 204 valence electrons. The number of anilines is 1. The molecule has 3 rings (SSSR count). The smallest absolute Gasteiger partial charge is 0.790 e. The van der Waals surface area contributed by atoms with E-state index in [-0.39, 0.29) is 141 Å². The van der Waals surface area contributed by atoms with Crippen molar-refractivity contribution in [1.29, 1.82) is 0 Å². The summed E-state index contributed by atoms with van der Waals surface area (Å²) in [6.45, 7) is 1.15. The van der Waals surface area contributed by atoms with E-state index in [4.69, 9.17) is 15.2 Å². The monoisotopic (exact) mass is 667 g/mol. The number of unbranched alkanes of at least 4 members (excludes halogenated alkanes) is 1. The van der Waals surface area contributed by atoms with Crippen molar-refractivity contribution in [3.05, 3.63) is 6.33 Å². The molecule has 3 heterocycles. The Balaban J connectivity index is 0. The Hall–Kier alpha value is 2.44. The van der Waals surface area contributed by atoms with Crippen molar-refractivity contribution in [2.75, 3.05) is 18.9 Å². The van der Waals surface area contributed by atoms with Crippen LogP contribution in [0.2, 0.25) is 0 Å². The van der Waals surface area contributed by atoms with Gasteiger partial charge in [0, 0.05) is 0 Å². The van der Waals surface area contributed by atoms with Gasteiger partial charge >= 0.3 is 124 Å². The molecular weight excluding hydrogens is 647 g/mol. The Labute approximate surface area is 315 Å². The second-order valence-corrected chi connectivity index (χ2v) is 11.5. The van der Waals surface area contributed by atoms with Gasteiger partial charge in [0.25, 0.3) is 15.6 Å². The zero-order chi connectivity index (χ0) is 26.9. The van der Waals surface area contributed by atoms with E-state index in [2.05, 4.69) is 28.1 Å². The molecule has 1 fully saturated rings. The number of rotatable bonds is 12. The first-order valence-corrected chi connectivity index (χ1v) is 14.4. The van der Waals surface area contributed by atoms with Gasteiger partial charge in [-0.3, -0.25) is 18.0 Å². The van der Waals surface area contributed by atoms with Gasteiger partial charge in [0.1, 0.15) is 18.3 Å². The van der Waals surface area contributed by atoms with Gasteiger partial charge in [0.15, 0.2) is 23.2 Å². The number of fused-ring (bicyclic) bond motifs is 1. The minimum Gasteiger partial charge on any atom is -0.790 e. The number of hydrogen-bond donors (Lipinski definition) is 3. The summed E-state index contributed by atoms with van der Waals surface area (Å²) in [6, 6.07) is -0.0856. The van der Waals surface area contributed by atoms with Gasteiger partial charge in [0.05, 0.1) is 27.4 Å². The fourth-order valence-electron chi connectivity index (χ4n) is 3.02. The number of aliphatic hydroxyl groups is 2. The minimum atomic E-state index is -6.16. The number of aromatic nitrogens is 4. The average Bonchev–Trinajstić information content (AvgIpc) is 3.26. The molecule has 0 spiro atoms. The molecule has 1 aliphatic rings. The van der Waals surface area contributed by atoms with Crippen LogP contribution in [-0.4, -0.2) is 61.3 Å². The summed E-state index contributed by atoms with van der Waals surface area (Å²) in [5.74, 6) is -0.0485. The van der Waals surface area contributed by atoms with Crippen LogP contribution in [0.15, 0.2) is 6.33 Å². The summed E-state index contributed by atoms with van der Waals surface area (Å²) in [5.41, 5.74) is 6.03. The molecule has 1 saturated heterocycles. The van der Waals surface area contributed by atoms with Gasteiger partial charge in [-0.1, -0.05) is 13.3 Å². The van der Waals surface area contributed by atoms with E-state index >= 15 is 0 Å². The molecule has 0 radical (unpaired) electrons. The molecule has 2 aromatic heterocycles. The van der Waals surface area contributed by atoms with E-state index in [1.165, 1.54) is 4.57 Å². The number of phosphoric acid groups is 3. The standard InChI is InChI=1S/C14H24N5O14P3.4Na/c1-2-3-4-29-14-17-11(15)8-12(18-14)19(6-16-8)13-10(21)9(20)7(31-13)5-30-35(25,26)33-36(27,28)32-34(22,23)24;;;;/h6-7,9-10,13,20-21H,2-5H2,1H3,(H,25,26)(H,27,28)(H2,15,17,18)(H2,22,23,24);;;;/q;4*+1/p-4/t7-,9-,10-,13-;;;;/m1..../s1. The maximum atomic E-state index is 11.7. The van der Waals surface area contributed by atoms with E-state index < -0.39 is 54.6 Å². The number of imidazole rings is 1. The normalized spacial score (nSPS) is 23.5. The average molecular weight is 667 g/mol. The quantitative estimate of drug-likeness (QED) is 0.107. The first-order chi connectivity index (χ1) is 16.6.